The van der Waals surface area contributed by atoms with Crippen LogP contribution in [0, 0.1) is 12.8 Å². The van der Waals surface area contributed by atoms with Gasteiger partial charge in [0, 0.05) is 30.9 Å². The Bertz CT molecular complexity index is 646. The predicted molar refractivity (Wildman–Crippen MR) is 89.3 cm³/mol. The Kier molecular flexibility index (Phi) is 5.08. The van der Waals surface area contributed by atoms with Crippen LogP contribution in [0.3, 0.4) is 0 Å². The van der Waals surface area contributed by atoms with Crippen LogP contribution in [0.4, 0.5) is 0 Å². The number of aromatic amines is 1. The van der Waals surface area contributed by atoms with Crippen molar-refractivity contribution in [1.82, 2.24) is 15.5 Å². The Morgan fingerprint density at radius 2 is 2.22 bits per heavy atom. The number of amides is 1. The van der Waals surface area contributed by atoms with Gasteiger partial charge in [-0.15, -0.1) is 0 Å². The molecule has 1 atom stereocenters. The van der Waals surface area contributed by atoms with Gasteiger partial charge in [0.25, 0.3) is 5.91 Å². The summed E-state index contributed by atoms with van der Waals surface area (Å²) in [4.78, 5) is 12.3. The summed E-state index contributed by atoms with van der Waals surface area (Å²) in [7, 11) is 0. The van der Waals surface area contributed by atoms with E-state index < -0.39 is 0 Å². The van der Waals surface area contributed by atoms with Crippen molar-refractivity contribution in [2.45, 2.75) is 26.2 Å². The number of carbonyl (C=O) groups is 1. The van der Waals surface area contributed by atoms with Crippen LogP contribution in [0.25, 0.3) is 11.3 Å². The Morgan fingerprint density at radius 1 is 1.39 bits per heavy atom. The summed E-state index contributed by atoms with van der Waals surface area (Å²) < 4.78 is 5.36. The molecule has 1 amide bonds. The summed E-state index contributed by atoms with van der Waals surface area (Å²) in [5.41, 5.74) is 3.28. The van der Waals surface area contributed by atoms with Gasteiger partial charge in [0.2, 0.25) is 0 Å². The molecular weight excluding hydrogens is 290 g/mol. The van der Waals surface area contributed by atoms with Gasteiger partial charge in [-0.3, -0.25) is 9.89 Å². The zero-order valence-electron chi connectivity index (χ0n) is 13.5. The van der Waals surface area contributed by atoms with Crippen molar-refractivity contribution in [1.29, 1.82) is 0 Å². The third-order valence-corrected chi connectivity index (χ3v) is 4.38. The molecule has 0 aliphatic carbocycles. The average molecular weight is 313 g/mol. The summed E-state index contributed by atoms with van der Waals surface area (Å²) in [6.07, 6.45) is 3.24. The molecule has 1 fully saturated rings. The highest BCUT2D eigenvalue weighted by molar-refractivity contribution is 5.95. The quantitative estimate of drug-likeness (QED) is 0.806. The number of hydrogen-bond acceptors (Lipinski definition) is 3. The maximum atomic E-state index is 12.3. The number of H-pyrrole nitrogens is 1. The zero-order valence-corrected chi connectivity index (χ0v) is 13.5. The molecule has 5 heteroatoms. The van der Waals surface area contributed by atoms with E-state index in [0.717, 1.165) is 49.3 Å². The van der Waals surface area contributed by atoms with Crippen molar-refractivity contribution in [2.24, 2.45) is 5.92 Å². The molecule has 0 spiro atoms. The minimum absolute atomic E-state index is 0.0835. The van der Waals surface area contributed by atoms with E-state index in [1.807, 2.05) is 37.3 Å². The molecule has 2 heterocycles. The highest BCUT2D eigenvalue weighted by Crippen LogP contribution is 2.22. The largest absolute Gasteiger partial charge is 0.381 e. The highest BCUT2D eigenvalue weighted by Gasteiger charge is 2.17. The summed E-state index contributed by atoms with van der Waals surface area (Å²) in [5.74, 6) is 0.574. The number of ether oxygens (including phenoxy) is 1. The standard InChI is InChI=1S/C18H23N3O2/c1-13-16(15-7-3-2-4-8-15)20-21-17(13)18(22)19-10-5-6-14-9-11-23-12-14/h2-4,7-8,14H,5-6,9-12H2,1H3,(H,19,22)(H,20,21)/t14-/m1/s1. The first-order chi connectivity index (χ1) is 11.3. The van der Waals surface area contributed by atoms with Crippen molar-refractivity contribution in [3.05, 3.63) is 41.6 Å². The second kappa shape index (κ2) is 7.42. The van der Waals surface area contributed by atoms with Crippen LogP contribution in [0.2, 0.25) is 0 Å². The van der Waals surface area contributed by atoms with Crippen LogP contribution < -0.4 is 5.32 Å². The minimum Gasteiger partial charge on any atom is -0.381 e. The van der Waals surface area contributed by atoms with Crippen LogP contribution >= 0.6 is 0 Å². The molecule has 122 valence electrons. The predicted octanol–water partition coefficient (Wildman–Crippen LogP) is 2.93. The van der Waals surface area contributed by atoms with E-state index in [1.165, 1.54) is 0 Å². The first-order valence-electron chi connectivity index (χ1n) is 8.22. The van der Waals surface area contributed by atoms with Gasteiger partial charge in [0.15, 0.2) is 0 Å². The number of carbonyl (C=O) groups excluding carboxylic acids is 1. The number of nitrogens with one attached hydrogen (secondary N) is 2. The molecule has 2 N–H and O–H groups in total. The summed E-state index contributed by atoms with van der Waals surface area (Å²) >= 11 is 0. The molecule has 2 aromatic rings. The highest BCUT2D eigenvalue weighted by atomic mass is 16.5. The van der Waals surface area contributed by atoms with Crippen LogP contribution in [-0.2, 0) is 4.74 Å². The van der Waals surface area contributed by atoms with E-state index in [2.05, 4.69) is 15.5 Å². The number of aromatic nitrogens is 2. The summed E-state index contributed by atoms with van der Waals surface area (Å²) in [5, 5.41) is 10.1. The van der Waals surface area contributed by atoms with E-state index in [9.17, 15) is 4.79 Å². The molecule has 1 aliphatic heterocycles. The van der Waals surface area contributed by atoms with E-state index in [0.29, 0.717) is 18.2 Å². The lowest BCUT2D eigenvalue weighted by molar-refractivity contribution is 0.0946. The molecule has 1 aromatic heterocycles. The van der Waals surface area contributed by atoms with Gasteiger partial charge in [-0.2, -0.15) is 5.10 Å². The van der Waals surface area contributed by atoms with Crippen LogP contribution in [-0.4, -0.2) is 35.9 Å². The van der Waals surface area contributed by atoms with Crippen molar-refractivity contribution >= 4 is 5.91 Å². The fraction of sp³-hybridized carbons (Fsp3) is 0.444. The van der Waals surface area contributed by atoms with Crippen LogP contribution in [0.1, 0.15) is 35.3 Å². The number of hydrogen-bond donors (Lipinski definition) is 2. The molecule has 1 aliphatic rings. The fourth-order valence-electron chi connectivity index (χ4n) is 2.99. The van der Waals surface area contributed by atoms with Crippen LogP contribution in [0.5, 0.6) is 0 Å². The monoisotopic (exact) mass is 313 g/mol. The zero-order chi connectivity index (χ0) is 16.1. The second-order valence-electron chi connectivity index (χ2n) is 6.07. The Labute approximate surface area is 136 Å². The molecule has 0 radical (unpaired) electrons. The number of benzene rings is 1. The molecule has 0 bridgehead atoms. The number of nitrogens with zero attached hydrogens (tertiary/aromatic N) is 1. The molecule has 0 saturated carbocycles. The molecule has 1 saturated heterocycles. The Morgan fingerprint density at radius 3 is 2.96 bits per heavy atom. The van der Waals surface area contributed by atoms with Crippen LogP contribution in [0.15, 0.2) is 30.3 Å². The Balaban J connectivity index is 1.54. The van der Waals surface area contributed by atoms with Gasteiger partial charge in [0.05, 0.1) is 5.69 Å². The normalized spacial score (nSPS) is 17.3. The van der Waals surface area contributed by atoms with Crippen molar-refractivity contribution in [3.63, 3.8) is 0 Å². The third-order valence-electron chi connectivity index (χ3n) is 4.38. The van der Waals surface area contributed by atoms with E-state index in [1.54, 1.807) is 0 Å². The van der Waals surface area contributed by atoms with Gasteiger partial charge in [-0.25, -0.2) is 0 Å². The number of rotatable bonds is 6. The maximum absolute atomic E-state index is 12.3. The summed E-state index contributed by atoms with van der Waals surface area (Å²) in [6, 6.07) is 9.89. The molecular formula is C18H23N3O2. The van der Waals surface area contributed by atoms with Gasteiger partial charge in [-0.05, 0) is 32.1 Å². The Hall–Kier alpha value is -2.14. The first-order valence-corrected chi connectivity index (χ1v) is 8.22. The molecule has 1 aromatic carbocycles. The molecule has 23 heavy (non-hydrogen) atoms. The van der Waals surface area contributed by atoms with Crippen molar-refractivity contribution in [3.8, 4) is 11.3 Å². The second-order valence-corrected chi connectivity index (χ2v) is 6.07. The van der Waals surface area contributed by atoms with E-state index in [4.69, 9.17) is 4.74 Å². The maximum Gasteiger partial charge on any atom is 0.269 e. The first kappa shape index (κ1) is 15.7. The van der Waals surface area contributed by atoms with E-state index >= 15 is 0 Å². The van der Waals surface area contributed by atoms with Gasteiger partial charge >= 0.3 is 0 Å². The van der Waals surface area contributed by atoms with Crippen molar-refractivity contribution in [2.75, 3.05) is 19.8 Å². The fourth-order valence-corrected chi connectivity index (χ4v) is 2.99. The lowest BCUT2D eigenvalue weighted by atomic mass is 10.0. The average Bonchev–Trinajstić information content (AvgIpc) is 3.22. The molecule has 5 nitrogen and oxygen atoms in total. The SMILES string of the molecule is Cc1c(-c2ccccc2)n[nH]c1C(=O)NCCC[C@@H]1CCOC1. The molecule has 0 unspecified atom stereocenters. The topological polar surface area (TPSA) is 67.0 Å². The third kappa shape index (κ3) is 3.79. The lowest BCUT2D eigenvalue weighted by Crippen LogP contribution is -2.25. The minimum atomic E-state index is -0.0835. The van der Waals surface area contributed by atoms with Gasteiger partial charge in [-0.1, -0.05) is 30.3 Å². The van der Waals surface area contributed by atoms with Gasteiger partial charge < -0.3 is 10.1 Å². The van der Waals surface area contributed by atoms with E-state index in [-0.39, 0.29) is 5.91 Å². The molecule has 3 rings (SSSR count). The van der Waals surface area contributed by atoms with Gasteiger partial charge in [0.1, 0.15) is 5.69 Å². The van der Waals surface area contributed by atoms with Crippen molar-refractivity contribution < 1.29 is 9.53 Å². The summed E-state index contributed by atoms with van der Waals surface area (Å²) in [6.45, 7) is 4.37. The lowest BCUT2D eigenvalue weighted by Gasteiger charge is -2.08. The smallest absolute Gasteiger partial charge is 0.269 e.